The molecule has 0 fully saturated rings. The molecule has 2 aromatic rings. The molecular weight excluding hydrogens is 351 g/mol. The quantitative estimate of drug-likeness (QED) is 0.877. The molecule has 7 heteroatoms. The molecule has 0 atom stereocenters. The van der Waals surface area contributed by atoms with Gasteiger partial charge in [-0.05, 0) is 22.0 Å². The van der Waals surface area contributed by atoms with Gasteiger partial charge in [0.15, 0.2) is 11.6 Å². The number of rotatable bonds is 4. The minimum atomic E-state index is -0.490. The summed E-state index contributed by atoms with van der Waals surface area (Å²) in [5.74, 6) is 0.499. The van der Waals surface area contributed by atoms with E-state index >= 15 is 0 Å². The molecule has 1 aromatic carbocycles. The highest BCUT2D eigenvalue weighted by Gasteiger charge is 2.12. The SMILES string of the molecule is COc1cc(Nc2ncc(Br)cc2F)c(OC)cc1Cl. The van der Waals surface area contributed by atoms with Gasteiger partial charge in [-0.25, -0.2) is 9.37 Å². The largest absolute Gasteiger partial charge is 0.495 e. The number of anilines is 2. The van der Waals surface area contributed by atoms with Gasteiger partial charge in [0.1, 0.15) is 11.5 Å². The summed E-state index contributed by atoms with van der Waals surface area (Å²) in [7, 11) is 2.99. The van der Waals surface area contributed by atoms with E-state index in [1.54, 1.807) is 12.1 Å². The van der Waals surface area contributed by atoms with Gasteiger partial charge in [-0.15, -0.1) is 0 Å². The lowest BCUT2D eigenvalue weighted by molar-refractivity contribution is 0.405. The molecule has 1 aromatic heterocycles. The topological polar surface area (TPSA) is 43.4 Å². The fourth-order valence-corrected chi connectivity index (χ4v) is 2.13. The molecule has 0 spiro atoms. The molecule has 1 heterocycles. The Kier molecular flexibility index (Phi) is 4.67. The van der Waals surface area contributed by atoms with Crippen LogP contribution in [0.15, 0.2) is 28.9 Å². The highest BCUT2D eigenvalue weighted by molar-refractivity contribution is 9.10. The molecule has 106 valence electrons. The first kappa shape index (κ1) is 14.9. The summed E-state index contributed by atoms with van der Waals surface area (Å²) in [6.45, 7) is 0. The van der Waals surface area contributed by atoms with Gasteiger partial charge >= 0.3 is 0 Å². The standard InChI is InChI=1S/C13H11BrClFN2O2/c1-19-11-5-10(12(20-2)4-8(11)15)18-13-9(16)3-7(14)6-17-13/h3-6H,1-2H3,(H,17,18). The summed E-state index contributed by atoms with van der Waals surface area (Å²) in [5.41, 5.74) is 0.502. The van der Waals surface area contributed by atoms with Crippen molar-refractivity contribution in [1.29, 1.82) is 0 Å². The number of hydrogen-bond acceptors (Lipinski definition) is 4. The van der Waals surface area contributed by atoms with Crippen LogP contribution < -0.4 is 14.8 Å². The minimum Gasteiger partial charge on any atom is -0.495 e. The summed E-state index contributed by atoms with van der Waals surface area (Å²) >= 11 is 9.16. The molecular formula is C13H11BrClFN2O2. The predicted octanol–water partition coefficient (Wildman–Crippen LogP) is 4.40. The summed E-state index contributed by atoms with van der Waals surface area (Å²) in [6, 6.07) is 4.51. The lowest BCUT2D eigenvalue weighted by Crippen LogP contribution is -2.00. The molecule has 0 bridgehead atoms. The van der Waals surface area contributed by atoms with E-state index in [1.165, 1.54) is 26.5 Å². The fraction of sp³-hybridized carbons (Fsp3) is 0.154. The van der Waals surface area contributed by atoms with Gasteiger partial charge in [0, 0.05) is 22.8 Å². The number of nitrogens with zero attached hydrogens (tertiary/aromatic N) is 1. The van der Waals surface area contributed by atoms with Crippen molar-refractivity contribution in [1.82, 2.24) is 4.98 Å². The van der Waals surface area contributed by atoms with E-state index < -0.39 is 5.82 Å². The molecule has 0 saturated carbocycles. The Morgan fingerprint density at radius 1 is 1.20 bits per heavy atom. The van der Waals surface area contributed by atoms with Crippen molar-refractivity contribution in [2.24, 2.45) is 0 Å². The Bertz CT molecular complexity index is 640. The molecule has 0 saturated heterocycles. The smallest absolute Gasteiger partial charge is 0.166 e. The number of pyridine rings is 1. The van der Waals surface area contributed by atoms with E-state index in [-0.39, 0.29) is 5.82 Å². The average molecular weight is 362 g/mol. The van der Waals surface area contributed by atoms with Crippen LogP contribution in [0.25, 0.3) is 0 Å². The number of nitrogens with one attached hydrogen (secondary N) is 1. The number of ether oxygens (including phenoxy) is 2. The molecule has 0 aliphatic rings. The van der Waals surface area contributed by atoms with Gasteiger partial charge in [0.05, 0.1) is 24.9 Å². The van der Waals surface area contributed by atoms with Gasteiger partial charge in [-0.1, -0.05) is 11.6 Å². The normalized spacial score (nSPS) is 10.2. The van der Waals surface area contributed by atoms with Crippen LogP contribution in [0.3, 0.4) is 0 Å². The molecule has 2 rings (SSSR count). The first-order valence-electron chi connectivity index (χ1n) is 5.54. The van der Waals surface area contributed by atoms with Crippen molar-refractivity contribution in [3.05, 3.63) is 39.7 Å². The Morgan fingerprint density at radius 2 is 1.90 bits per heavy atom. The second-order valence-corrected chi connectivity index (χ2v) is 5.12. The molecule has 0 amide bonds. The maximum Gasteiger partial charge on any atom is 0.166 e. The lowest BCUT2D eigenvalue weighted by atomic mass is 10.2. The summed E-state index contributed by atoms with van der Waals surface area (Å²) in [6.07, 6.45) is 1.49. The first-order chi connectivity index (χ1) is 9.55. The first-order valence-corrected chi connectivity index (χ1v) is 6.72. The van der Waals surface area contributed by atoms with Crippen LogP contribution in [0.4, 0.5) is 15.9 Å². The summed E-state index contributed by atoms with van der Waals surface area (Å²) in [4.78, 5) is 3.96. The third kappa shape index (κ3) is 3.13. The average Bonchev–Trinajstić information content (AvgIpc) is 2.43. The maximum absolute atomic E-state index is 13.8. The van der Waals surface area contributed by atoms with E-state index in [1.807, 2.05) is 0 Å². The number of aromatic nitrogens is 1. The molecule has 0 radical (unpaired) electrons. The highest BCUT2D eigenvalue weighted by atomic mass is 79.9. The highest BCUT2D eigenvalue weighted by Crippen LogP contribution is 2.37. The van der Waals surface area contributed by atoms with Crippen molar-refractivity contribution >= 4 is 39.0 Å². The lowest BCUT2D eigenvalue weighted by Gasteiger charge is -2.13. The second kappa shape index (κ2) is 6.28. The molecule has 0 aliphatic carbocycles. The van der Waals surface area contributed by atoms with Crippen LogP contribution in [-0.4, -0.2) is 19.2 Å². The summed E-state index contributed by atoms with van der Waals surface area (Å²) < 4.78 is 24.7. The van der Waals surface area contributed by atoms with Crippen LogP contribution in [-0.2, 0) is 0 Å². The van der Waals surface area contributed by atoms with Crippen LogP contribution in [0.1, 0.15) is 0 Å². The van der Waals surface area contributed by atoms with Crippen LogP contribution >= 0.6 is 27.5 Å². The zero-order chi connectivity index (χ0) is 14.7. The van der Waals surface area contributed by atoms with Gasteiger partial charge in [0.25, 0.3) is 0 Å². The van der Waals surface area contributed by atoms with Crippen molar-refractivity contribution < 1.29 is 13.9 Å². The second-order valence-electron chi connectivity index (χ2n) is 3.80. The molecule has 4 nitrogen and oxygen atoms in total. The van der Waals surface area contributed by atoms with E-state index in [4.69, 9.17) is 21.1 Å². The molecule has 0 unspecified atom stereocenters. The zero-order valence-corrected chi connectivity index (χ0v) is 13.0. The van der Waals surface area contributed by atoms with Gasteiger partial charge in [-0.2, -0.15) is 0 Å². The van der Waals surface area contributed by atoms with Crippen molar-refractivity contribution in [2.45, 2.75) is 0 Å². The van der Waals surface area contributed by atoms with Gasteiger partial charge < -0.3 is 14.8 Å². The van der Waals surface area contributed by atoms with Crippen LogP contribution in [0, 0.1) is 5.82 Å². The van der Waals surface area contributed by atoms with Crippen LogP contribution in [0.2, 0.25) is 5.02 Å². The summed E-state index contributed by atoms with van der Waals surface area (Å²) in [5, 5.41) is 3.25. The van der Waals surface area contributed by atoms with Crippen molar-refractivity contribution in [3.8, 4) is 11.5 Å². The Morgan fingerprint density at radius 3 is 2.50 bits per heavy atom. The number of halogens is 3. The van der Waals surface area contributed by atoms with E-state index in [2.05, 4.69) is 26.2 Å². The Hall–Kier alpha value is -1.53. The molecule has 0 aliphatic heterocycles. The Labute approximate surface area is 129 Å². The predicted molar refractivity (Wildman–Crippen MR) is 79.7 cm³/mol. The van der Waals surface area contributed by atoms with Gasteiger partial charge in [-0.3, -0.25) is 0 Å². The van der Waals surface area contributed by atoms with E-state index in [0.29, 0.717) is 26.7 Å². The van der Waals surface area contributed by atoms with Gasteiger partial charge in [0.2, 0.25) is 0 Å². The zero-order valence-electron chi connectivity index (χ0n) is 10.7. The fourth-order valence-electron chi connectivity index (χ4n) is 1.59. The maximum atomic E-state index is 13.8. The molecule has 1 N–H and O–H groups in total. The minimum absolute atomic E-state index is 0.0795. The van der Waals surface area contributed by atoms with E-state index in [9.17, 15) is 4.39 Å². The molecule has 20 heavy (non-hydrogen) atoms. The van der Waals surface area contributed by atoms with Crippen molar-refractivity contribution in [3.63, 3.8) is 0 Å². The van der Waals surface area contributed by atoms with E-state index in [0.717, 1.165) is 0 Å². The third-order valence-corrected chi connectivity index (χ3v) is 3.26. The van der Waals surface area contributed by atoms with Crippen molar-refractivity contribution in [2.75, 3.05) is 19.5 Å². The number of methoxy groups -OCH3 is 2. The Balaban J connectivity index is 2.41. The monoisotopic (exact) mass is 360 g/mol. The number of hydrogen-bond donors (Lipinski definition) is 1. The number of benzene rings is 1. The van der Waals surface area contributed by atoms with Crippen LogP contribution in [0.5, 0.6) is 11.5 Å². The third-order valence-electron chi connectivity index (χ3n) is 2.53.